The van der Waals surface area contributed by atoms with Gasteiger partial charge in [-0.2, -0.15) is 5.10 Å². The molecule has 0 fully saturated rings. The molecule has 0 amide bonds. The number of hydrogen-bond acceptors (Lipinski definition) is 7. The van der Waals surface area contributed by atoms with Crippen LogP contribution in [-0.4, -0.2) is 32.6 Å². The van der Waals surface area contributed by atoms with Gasteiger partial charge in [0.2, 0.25) is 0 Å². The number of aromatic nitrogens is 3. The van der Waals surface area contributed by atoms with E-state index in [1.165, 1.54) is 25.3 Å². The Balaban J connectivity index is 1.86. The van der Waals surface area contributed by atoms with Crippen LogP contribution in [-0.2, 0) is 11.3 Å². The summed E-state index contributed by atoms with van der Waals surface area (Å²) in [7, 11) is 1.18. The minimum atomic E-state index is -0.760. The van der Waals surface area contributed by atoms with Crippen molar-refractivity contribution in [1.82, 2.24) is 14.6 Å². The standard InChI is InChI=1S/C15H13N5O4/c1-24-15(21)12-8-10(2-3-13(12)20(22)23)17-9-11-4-6-16-14-5-7-18-19(11)14/h2-8,17H,9H2,1H3. The largest absolute Gasteiger partial charge is 0.465 e. The summed E-state index contributed by atoms with van der Waals surface area (Å²) in [6.07, 6.45) is 3.32. The molecule has 3 aromatic rings. The molecule has 9 heteroatoms. The van der Waals surface area contributed by atoms with Crippen molar-refractivity contribution in [2.24, 2.45) is 0 Å². The molecule has 122 valence electrons. The van der Waals surface area contributed by atoms with E-state index in [-0.39, 0.29) is 11.3 Å². The number of anilines is 1. The number of nitro groups is 1. The van der Waals surface area contributed by atoms with Gasteiger partial charge in [-0.05, 0) is 18.2 Å². The molecule has 0 saturated carbocycles. The number of hydrogen-bond donors (Lipinski definition) is 1. The molecule has 9 nitrogen and oxygen atoms in total. The molecule has 1 aromatic carbocycles. The van der Waals surface area contributed by atoms with Gasteiger partial charge in [0.25, 0.3) is 5.69 Å². The summed E-state index contributed by atoms with van der Waals surface area (Å²) in [5, 5.41) is 18.3. The predicted molar refractivity (Wildman–Crippen MR) is 84.7 cm³/mol. The molecule has 1 N–H and O–H groups in total. The Labute approximate surface area is 136 Å². The van der Waals surface area contributed by atoms with Crippen LogP contribution < -0.4 is 5.32 Å². The van der Waals surface area contributed by atoms with Crippen LogP contribution in [0.4, 0.5) is 11.4 Å². The van der Waals surface area contributed by atoms with Crippen LogP contribution in [0, 0.1) is 10.1 Å². The maximum atomic E-state index is 11.7. The van der Waals surface area contributed by atoms with Crippen molar-refractivity contribution in [1.29, 1.82) is 0 Å². The first-order valence-electron chi connectivity index (χ1n) is 6.98. The fraction of sp³-hybridized carbons (Fsp3) is 0.133. The van der Waals surface area contributed by atoms with Gasteiger partial charge >= 0.3 is 5.97 Å². The molecule has 0 saturated heterocycles. The fourth-order valence-electron chi connectivity index (χ4n) is 2.29. The predicted octanol–water partition coefficient (Wildman–Crippen LogP) is 2.04. The second-order valence-electron chi connectivity index (χ2n) is 4.87. The molecule has 0 radical (unpaired) electrons. The lowest BCUT2D eigenvalue weighted by molar-refractivity contribution is -0.385. The Morgan fingerprint density at radius 2 is 2.17 bits per heavy atom. The number of nitro benzene ring substituents is 1. The van der Waals surface area contributed by atoms with Gasteiger partial charge in [-0.15, -0.1) is 0 Å². The minimum Gasteiger partial charge on any atom is -0.465 e. The molecular formula is C15H13N5O4. The summed E-state index contributed by atoms with van der Waals surface area (Å²) in [6.45, 7) is 0.402. The zero-order valence-corrected chi connectivity index (χ0v) is 12.7. The number of nitrogens with zero attached hydrogens (tertiary/aromatic N) is 4. The molecule has 0 aliphatic heterocycles. The number of fused-ring (bicyclic) bond motifs is 1. The average molecular weight is 327 g/mol. The Morgan fingerprint density at radius 1 is 1.33 bits per heavy atom. The maximum absolute atomic E-state index is 11.7. The number of ether oxygens (including phenoxy) is 1. The number of nitrogens with one attached hydrogen (secondary N) is 1. The Bertz CT molecular complexity index is 921. The van der Waals surface area contributed by atoms with Crippen LogP contribution >= 0.6 is 0 Å². The SMILES string of the molecule is COC(=O)c1cc(NCc2ccnc3ccnn23)ccc1[N+](=O)[O-]. The molecule has 0 aliphatic rings. The third kappa shape index (κ3) is 2.86. The van der Waals surface area contributed by atoms with Crippen LogP contribution in [0.1, 0.15) is 16.1 Å². The van der Waals surface area contributed by atoms with E-state index in [0.29, 0.717) is 17.9 Å². The van der Waals surface area contributed by atoms with E-state index in [1.54, 1.807) is 29.0 Å². The summed E-state index contributed by atoms with van der Waals surface area (Å²) in [4.78, 5) is 26.3. The van der Waals surface area contributed by atoms with Gasteiger partial charge in [0, 0.05) is 24.0 Å². The normalized spacial score (nSPS) is 10.5. The topological polar surface area (TPSA) is 112 Å². The molecule has 0 aliphatic carbocycles. The molecule has 0 atom stereocenters. The van der Waals surface area contributed by atoms with Crippen molar-refractivity contribution in [3.05, 3.63) is 64.1 Å². The Morgan fingerprint density at radius 3 is 2.92 bits per heavy atom. The number of methoxy groups -OCH3 is 1. The minimum absolute atomic E-state index is 0.105. The highest BCUT2D eigenvalue weighted by Gasteiger charge is 2.21. The van der Waals surface area contributed by atoms with Gasteiger partial charge in [-0.1, -0.05) is 0 Å². The third-order valence-corrected chi connectivity index (χ3v) is 3.44. The van der Waals surface area contributed by atoms with Gasteiger partial charge in [0.05, 0.1) is 30.5 Å². The quantitative estimate of drug-likeness (QED) is 0.433. The van der Waals surface area contributed by atoms with E-state index >= 15 is 0 Å². The zero-order valence-electron chi connectivity index (χ0n) is 12.7. The molecule has 2 heterocycles. The smallest absolute Gasteiger partial charge is 0.344 e. The van der Waals surface area contributed by atoms with Crippen molar-refractivity contribution in [2.45, 2.75) is 6.54 Å². The molecule has 0 spiro atoms. The van der Waals surface area contributed by atoms with Crippen LogP contribution in [0.5, 0.6) is 0 Å². The van der Waals surface area contributed by atoms with Gasteiger partial charge < -0.3 is 10.1 Å². The van der Waals surface area contributed by atoms with E-state index in [1.807, 2.05) is 0 Å². The van der Waals surface area contributed by atoms with E-state index in [4.69, 9.17) is 0 Å². The van der Waals surface area contributed by atoms with E-state index in [9.17, 15) is 14.9 Å². The Hall–Kier alpha value is -3.49. The second-order valence-corrected chi connectivity index (χ2v) is 4.87. The molecule has 0 bridgehead atoms. The van der Waals surface area contributed by atoms with Crippen molar-refractivity contribution in [3.8, 4) is 0 Å². The van der Waals surface area contributed by atoms with Crippen molar-refractivity contribution < 1.29 is 14.5 Å². The molecular weight excluding hydrogens is 314 g/mol. The van der Waals surface area contributed by atoms with E-state index in [2.05, 4.69) is 20.1 Å². The number of benzene rings is 1. The van der Waals surface area contributed by atoms with E-state index in [0.717, 1.165) is 5.69 Å². The number of carbonyl (C=O) groups excluding carboxylic acids is 1. The first-order valence-corrected chi connectivity index (χ1v) is 6.98. The highest BCUT2D eigenvalue weighted by molar-refractivity contribution is 5.95. The lowest BCUT2D eigenvalue weighted by atomic mass is 10.1. The van der Waals surface area contributed by atoms with Crippen LogP contribution in [0.2, 0.25) is 0 Å². The monoisotopic (exact) mass is 327 g/mol. The first-order chi connectivity index (χ1) is 11.6. The Kier molecular flexibility index (Phi) is 4.06. The average Bonchev–Trinajstić information content (AvgIpc) is 3.08. The summed E-state index contributed by atoms with van der Waals surface area (Å²) in [5.41, 5.74) is 1.71. The van der Waals surface area contributed by atoms with Gasteiger partial charge in [0.15, 0.2) is 5.65 Å². The van der Waals surface area contributed by atoms with Crippen LogP contribution in [0.3, 0.4) is 0 Å². The van der Waals surface area contributed by atoms with Crippen molar-refractivity contribution >= 4 is 23.0 Å². The number of esters is 1. The second kappa shape index (κ2) is 6.32. The highest BCUT2D eigenvalue weighted by atomic mass is 16.6. The molecule has 24 heavy (non-hydrogen) atoms. The maximum Gasteiger partial charge on any atom is 0.344 e. The number of rotatable bonds is 5. The summed E-state index contributed by atoms with van der Waals surface area (Å²) < 4.78 is 6.28. The van der Waals surface area contributed by atoms with Crippen LogP contribution in [0.15, 0.2) is 42.7 Å². The van der Waals surface area contributed by atoms with Gasteiger partial charge in [0.1, 0.15) is 5.56 Å². The third-order valence-electron chi connectivity index (χ3n) is 3.44. The molecule has 0 unspecified atom stereocenters. The van der Waals surface area contributed by atoms with Crippen LogP contribution in [0.25, 0.3) is 5.65 Å². The lowest BCUT2D eigenvalue weighted by Crippen LogP contribution is -2.09. The van der Waals surface area contributed by atoms with Gasteiger partial charge in [-0.25, -0.2) is 14.3 Å². The van der Waals surface area contributed by atoms with Crippen molar-refractivity contribution in [3.63, 3.8) is 0 Å². The van der Waals surface area contributed by atoms with Gasteiger partial charge in [-0.3, -0.25) is 10.1 Å². The van der Waals surface area contributed by atoms with Crippen molar-refractivity contribution in [2.75, 3.05) is 12.4 Å². The first kappa shape index (κ1) is 15.4. The summed E-state index contributed by atoms with van der Waals surface area (Å²) in [6, 6.07) is 7.78. The summed E-state index contributed by atoms with van der Waals surface area (Å²) >= 11 is 0. The molecule has 3 rings (SSSR count). The zero-order chi connectivity index (χ0) is 17.1. The lowest BCUT2D eigenvalue weighted by Gasteiger charge is -2.09. The number of carbonyl (C=O) groups is 1. The molecule has 2 aromatic heterocycles. The highest BCUT2D eigenvalue weighted by Crippen LogP contribution is 2.23. The fourth-order valence-corrected chi connectivity index (χ4v) is 2.29. The van der Waals surface area contributed by atoms with E-state index < -0.39 is 10.9 Å². The summed E-state index contributed by atoms with van der Waals surface area (Å²) in [5.74, 6) is -0.760.